The molecule has 0 saturated heterocycles. The Bertz CT molecular complexity index is 531. The molecule has 0 saturated carbocycles. The number of hydrogen-bond acceptors (Lipinski definition) is 2. The summed E-state index contributed by atoms with van der Waals surface area (Å²) in [5, 5.41) is 7.94. The Morgan fingerprint density at radius 3 is 2.58 bits per heavy atom. The lowest BCUT2D eigenvalue weighted by atomic mass is 10.0. The molecule has 0 radical (unpaired) electrons. The number of likely N-dealkylation sites (N-methyl/N-ethyl adjacent to an activating group) is 1. The minimum Gasteiger partial charge on any atom is -0.311 e. The van der Waals surface area contributed by atoms with Gasteiger partial charge in [0.05, 0.1) is 17.4 Å². The van der Waals surface area contributed by atoms with Crippen LogP contribution in [0.4, 0.5) is 0 Å². The lowest BCUT2D eigenvalue weighted by molar-refractivity contribution is 0.512. The SMILES string of the molecule is CCn1nc(C)cc1C(Cc1ccc(I)cc1)NC. The van der Waals surface area contributed by atoms with Crippen molar-refractivity contribution in [2.24, 2.45) is 0 Å². The summed E-state index contributed by atoms with van der Waals surface area (Å²) in [5.74, 6) is 0. The third kappa shape index (κ3) is 3.57. The Morgan fingerprint density at radius 1 is 1.32 bits per heavy atom. The first kappa shape index (κ1) is 14.5. The fraction of sp³-hybridized carbons (Fsp3) is 0.400. The van der Waals surface area contributed by atoms with E-state index in [-0.39, 0.29) is 0 Å². The van der Waals surface area contributed by atoms with Gasteiger partial charge < -0.3 is 5.32 Å². The maximum atomic E-state index is 4.53. The molecule has 0 aliphatic carbocycles. The number of aryl methyl sites for hydroxylation is 2. The van der Waals surface area contributed by atoms with Gasteiger partial charge in [-0.1, -0.05) is 12.1 Å². The number of rotatable bonds is 5. The molecule has 1 heterocycles. The average Bonchev–Trinajstić information content (AvgIpc) is 2.79. The van der Waals surface area contributed by atoms with E-state index < -0.39 is 0 Å². The minimum absolute atomic E-state index is 0.307. The van der Waals surface area contributed by atoms with Gasteiger partial charge in [-0.2, -0.15) is 5.10 Å². The summed E-state index contributed by atoms with van der Waals surface area (Å²) in [6.07, 6.45) is 0.985. The third-order valence-corrected chi connectivity index (χ3v) is 4.01. The molecular weight excluding hydrogens is 349 g/mol. The van der Waals surface area contributed by atoms with Gasteiger partial charge in [0, 0.05) is 10.1 Å². The lowest BCUT2D eigenvalue weighted by Crippen LogP contribution is -2.22. The van der Waals surface area contributed by atoms with Crippen molar-refractivity contribution in [3.8, 4) is 0 Å². The van der Waals surface area contributed by atoms with Crippen molar-refractivity contribution in [1.82, 2.24) is 15.1 Å². The summed E-state index contributed by atoms with van der Waals surface area (Å²) in [5.41, 5.74) is 3.70. The van der Waals surface area contributed by atoms with Crippen molar-refractivity contribution in [3.63, 3.8) is 0 Å². The zero-order chi connectivity index (χ0) is 13.8. The number of halogens is 1. The molecule has 1 N–H and O–H groups in total. The molecule has 0 amide bonds. The summed E-state index contributed by atoms with van der Waals surface area (Å²) >= 11 is 2.34. The molecule has 102 valence electrons. The van der Waals surface area contributed by atoms with E-state index in [2.05, 4.69) is 74.9 Å². The first-order valence-corrected chi connectivity index (χ1v) is 7.68. The number of nitrogens with one attached hydrogen (secondary N) is 1. The van der Waals surface area contributed by atoms with Crippen LogP contribution in [0, 0.1) is 10.5 Å². The number of benzene rings is 1. The van der Waals surface area contributed by atoms with Crippen LogP contribution in [0.15, 0.2) is 30.3 Å². The first-order chi connectivity index (χ1) is 9.13. The molecule has 4 heteroatoms. The quantitative estimate of drug-likeness (QED) is 0.820. The van der Waals surface area contributed by atoms with Crippen LogP contribution in [0.25, 0.3) is 0 Å². The topological polar surface area (TPSA) is 29.9 Å². The standard InChI is InChI=1S/C15H20IN3/c1-4-19-15(9-11(2)18-19)14(17-3)10-12-5-7-13(16)8-6-12/h5-9,14,17H,4,10H2,1-3H3. The molecule has 0 aliphatic heterocycles. The summed E-state index contributed by atoms with van der Waals surface area (Å²) in [4.78, 5) is 0. The second-order valence-electron chi connectivity index (χ2n) is 4.70. The molecule has 19 heavy (non-hydrogen) atoms. The van der Waals surface area contributed by atoms with E-state index >= 15 is 0 Å². The highest BCUT2D eigenvalue weighted by atomic mass is 127. The fourth-order valence-corrected chi connectivity index (χ4v) is 2.67. The zero-order valence-electron chi connectivity index (χ0n) is 11.7. The maximum Gasteiger partial charge on any atom is 0.0597 e. The second-order valence-corrected chi connectivity index (χ2v) is 5.94. The highest BCUT2D eigenvalue weighted by Crippen LogP contribution is 2.20. The van der Waals surface area contributed by atoms with Gasteiger partial charge in [0.15, 0.2) is 0 Å². The summed E-state index contributed by atoms with van der Waals surface area (Å²) < 4.78 is 3.36. The van der Waals surface area contributed by atoms with Gasteiger partial charge in [-0.25, -0.2) is 0 Å². The average molecular weight is 369 g/mol. The maximum absolute atomic E-state index is 4.53. The lowest BCUT2D eigenvalue weighted by Gasteiger charge is -2.17. The zero-order valence-corrected chi connectivity index (χ0v) is 13.8. The summed E-state index contributed by atoms with van der Waals surface area (Å²) in [7, 11) is 2.01. The van der Waals surface area contributed by atoms with Crippen LogP contribution in [0.1, 0.15) is 29.9 Å². The molecule has 3 nitrogen and oxygen atoms in total. The van der Waals surface area contributed by atoms with Crippen LogP contribution in [0.3, 0.4) is 0 Å². The molecule has 0 fully saturated rings. The first-order valence-electron chi connectivity index (χ1n) is 6.60. The Hall–Kier alpha value is -0.880. The van der Waals surface area contributed by atoms with E-state index in [1.54, 1.807) is 0 Å². The van der Waals surface area contributed by atoms with Gasteiger partial charge in [-0.05, 0) is 73.7 Å². The Balaban J connectivity index is 2.22. The van der Waals surface area contributed by atoms with E-state index in [4.69, 9.17) is 0 Å². The second kappa shape index (κ2) is 6.52. The van der Waals surface area contributed by atoms with Crippen molar-refractivity contribution in [3.05, 3.63) is 50.9 Å². The van der Waals surface area contributed by atoms with E-state index in [1.165, 1.54) is 14.8 Å². The van der Waals surface area contributed by atoms with Crippen LogP contribution in [-0.4, -0.2) is 16.8 Å². The number of hydrogen-bond donors (Lipinski definition) is 1. The van der Waals surface area contributed by atoms with Gasteiger partial charge >= 0.3 is 0 Å². The molecule has 1 aromatic heterocycles. The van der Waals surface area contributed by atoms with Crippen molar-refractivity contribution in [2.45, 2.75) is 32.9 Å². The van der Waals surface area contributed by atoms with Gasteiger partial charge in [0.1, 0.15) is 0 Å². The molecule has 1 aromatic carbocycles. The molecule has 1 atom stereocenters. The van der Waals surface area contributed by atoms with Crippen LogP contribution >= 0.6 is 22.6 Å². The monoisotopic (exact) mass is 369 g/mol. The smallest absolute Gasteiger partial charge is 0.0597 e. The fourth-order valence-electron chi connectivity index (χ4n) is 2.31. The van der Waals surface area contributed by atoms with Crippen molar-refractivity contribution < 1.29 is 0 Å². The van der Waals surface area contributed by atoms with Gasteiger partial charge in [-0.3, -0.25) is 4.68 Å². The van der Waals surface area contributed by atoms with Gasteiger partial charge in [0.2, 0.25) is 0 Å². The molecule has 0 spiro atoms. The molecule has 2 rings (SSSR count). The van der Waals surface area contributed by atoms with Gasteiger partial charge in [0.25, 0.3) is 0 Å². The molecule has 2 aromatic rings. The van der Waals surface area contributed by atoms with Gasteiger partial charge in [-0.15, -0.1) is 0 Å². The Kier molecular flexibility index (Phi) is 4.99. The largest absolute Gasteiger partial charge is 0.311 e. The van der Waals surface area contributed by atoms with Crippen LogP contribution in [0.2, 0.25) is 0 Å². The third-order valence-electron chi connectivity index (χ3n) is 3.29. The molecule has 0 aliphatic rings. The summed E-state index contributed by atoms with van der Waals surface area (Å²) in [6.45, 7) is 5.09. The number of aromatic nitrogens is 2. The van der Waals surface area contributed by atoms with E-state index in [0.29, 0.717) is 6.04 Å². The van der Waals surface area contributed by atoms with Crippen LogP contribution in [-0.2, 0) is 13.0 Å². The Labute approximate surface area is 128 Å². The molecular formula is C15H20IN3. The van der Waals surface area contributed by atoms with Crippen molar-refractivity contribution in [1.29, 1.82) is 0 Å². The van der Waals surface area contributed by atoms with E-state index in [1.807, 2.05) is 14.0 Å². The van der Waals surface area contributed by atoms with Crippen molar-refractivity contribution in [2.75, 3.05) is 7.05 Å². The van der Waals surface area contributed by atoms with E-state index in [0.717, 1.165) is 18.7 Å². The highest BCUT2D eigenvalue weighted by Gasteiger charge is 2.15. The van der Waals surface area contributed by atoms with Crippen molar-refractivity contribution >= 4 is 22.6 Å². The number of nitrogens with zero attached hydrogens (tertiary/aromatic N) is 2. The Morgan fingerprint density at radius 2 is 2.00 bits per heavy atom. The summed E-state index contributed by atoms with van der Waals surface area (Å²) in [6, 6.07) is 11.2. The highest BCUT2D eigenvalue weighted by molar-refractivity contribution is 14.1. The van der Waals surface area contributed by atoms with E-state index in [9.17, 15) is 0 Å². The minimum atomic E-state index is 0.307. The molecule has 1 unspecified atom stereocenters. The van der Waals surface area contributed by atoms with Crippen LogP contribution in [0.5, 0.6) is 0 Å². The molecule has 0 bridgehead atoms. The predicted molar refractivity (Wildman–Crippen MR) is 87.3 cm³/mol. The predicted octanol–water partition coefficient (Wildman–Crippen LogP) is 3.32. The normalized spacial score (nSPS) is 12.6. The van der Waals surface area contributed by atoms with Crippen LogP contribution < -0.4 is 5.32 Å².